The van der Waals surface area contributed by atoms with Gasteiger partial charge in [-0.05, 0) is 0 Å². The monoisotopic (exact) mass is 688 g/mol. The summed E-state index contributed by atoms with van der Waals surface area (Å²) in [5.74, 6) is 0. The quantitative estimate of drug-likeness (QED) is 0.188. The van der Waals surface area contributed by atoms with Gasteiger partial charge in [-0.3, -0.25) is 0 Å². The Morgan fingerprint density at radius 3 is 1.38 bits per heavy atom. The summed E-state index contributed by atoms with van der Waals surface area (Å²) in [7, 11) is 0. The van der Waals surface area contributed by atoms with Crippen molar-refractivity contribution in [2.75, 3.05) is 0 Å². The van der Waals surface area contributed by atoms with Gasteiger partial charge in [-0.15, -0.1) is 0 Å². The number of allylic oxidation sites excluding steroid dienone is 4. The van der Waals surface area contributed by atoms with Crippen LogP contribution in [-0.4, -0.2) is 3.26 Å². The van der Waals surface area contributed by atoms with Crippen molar-refractivity contribution < 1.29 is 21.0 Å². The summed E-state index contributed by atoms with van der Waals surface area (Å²) in [5.41, 5.74) is 11.9. The van der Waals surface area contributed by atoms with Crippen LogP contribution >= 0.6 is 0 Å². The summed E-state index contributed by atoms with van der Waals surface area (Å²) >= 11 is -2.82. The molecule has 1 heteroatoms. The summed E-state index contributed by atoms with van der Waals surface area (Å²) in [6.45, 7) is 14.0. The predicted molar refractivity (Wildman–Crippen MR) is 169 cm³/mol. The van der Waals surface area contributed by atoms with E-state index in [1.54, 1.807) is 14.4 Å². The van der Waals surface area contributed by atoms with Gasteiger partial charge >= 0.3 is 250 Å². The van der Waals surface area contributed by atoms with Crippen LogP contribution in [0.2, 0.25) is 3.67 Å². The van der Waals surface area contributed by atoms with E-state index in [0.717, 1.165) is 0 Å². The van der Waals surface area contributed by atoms with E-state index >= 15 is 0 Å². The van der Waals surface area contributed by atoms with Gasteiger partial charge in [0.05, 0.1) is 0 Å². The van der Waals surface area contributed by atoms with Gasteiger partial charge in [-0.25, -0.2) is 0 Å². The Bertz CT molecular complexity index is 1520. The van der Waals surface area contributed by atoms with Crippen molar-refractivity contribution >= 4 is 3.26 Å². The van der Waals surface area contributed by atoms with Crippen molar-refractivity contribution in [3.8, 4) is 11.1 Å². The molecular formula is C39H40Hf. The summed E-state index contributed by atoms with van der Waals surface area (Å²) < 4.78 is 2.62. The average Bonchev–Trinajstić information content (AvgIpc) is 3.58. The average molecular weight is 687 g/mol. The molecule has 0 saturated carbocycles. The second kappa shape index (κ2) is 10.5. The molecule has 2 aliphatic carbocycles. The van der Waals surface area contributed by atoms with Crippen molar-refractivity contribution in [2.45, 2.75) is 59.7 Å². The summed E-state index contributed by atoms with van der Waals surface area (Å²) in [6.07, 6.45) is 9.56. The van der Waals surface area contributed by atoms with Crippen molar-refractivity contribution in [1.82, 2.24) is 0 Å². The van der Waals surface area contributed by atoms with Gasteiger partial charge in [0.2, 0.25) is 0 Å². The van der Waals surface area contributed by atoms with Gasteiger partial charge in [0.1, 0.15) is 0 Å². The topological polar surface area (TPSA) is 0 Å². The Balaban J connectivity index is 1.71. The molecule has 40 heavy (non-hydrogen) atoms. The molecule has 0 heterocycles. The summed E-state index contributed by atoms with van der Waals surface area (Å²) in [6, 6.07) is 37.4. The first kappa shape index (κ1) is 27.3. The molecule has 0 fully saturated rings. The van der Waals surface area contributed by atoms with E-state index in [-0.39, 0.29) is 10.8 Å². The van der Waals surface area contributed by atoms with Crippen LogP contribution in [0.15, 0.2) is 121 Å². The van der Waals surface area contributed by atoms with E-state index in [9.17, 15) is 0 Å². The first-order valence-corrected chi connectivity index (χ1v) is 20.6. The molecule has 0 unspecified atom stereocenters. The normalized spacial score (nSPS) is 14.8. The van der Waals surface area contributed by atoms with Crippen LogP contribution in [0.4, 0.5) is 0 Å². The predicted octanol–water partition coefficient (Wildman–Crippen LogP) is 10.2. The Labute approximate surface area is 248 Å². The van der Waals surface area contributed by atoms with E-state index in [1.165, 1.54) is 33.4 Å². The number of rotatable bonds is 4. The van der Waals surface area contributed by atoms with Crippen molar-refractivity contribution in [2.24, 2.45) is 0 Å². The van der Waals surface area contributed by atoms with Gasteiger partial charge < -0.3 is 0 Å². The van der Waals surface area contributed by atoms with Crippen LogP contribution in [0, 0.1) is 0 Å². The van der Waals surface area contributed by atoms with Gasteiger partial charge in [-0.1, -0.05) is 0 Å². The fourth-order valence-corrected chi connectivity index (χ4v) is 20.1. The van der Waals surface area contributed by atoms with E-state index in [1.807, 2.05) is 0 Å². The molecule has 0 amide bonds. The Morgan fingerprint density at radius 2 is 0.975 bits per heavy atom. The fourth-order valence-electron chi connectivity index (χ4n) is 6.37. The maximum absolute atomic E-state index is 2.82. The third-order valence-corrected chi connectivity index (χ3v) is 21.2. The molecule has 0 N–H and O–H groups in total. The number of fused-ring (bicyclic) bond motifs is 3. The molecular weight excluding hydrogens is 647 g/mol. The van der Waals surface area contributed by atoms with Crippen molar-refractivity contribution in [1.29, 1.82) is 0 Å². The standard InChI is InChI=1S/C21H25.C13H10.C5H5.Hf/c1-20(2,3)16-9-7-14-11-15-8-10-17(21(4,5)6)13-19(15)18(14)12-16;1-3-7-12(8-4-1)11-13-9-5-2-6-10-13;1-2-4-5-3-1;/h7-13H,1-6H3;1-10H;1-5H;. The van der Waals surface area contributed by atoms with Gasteiger partial charge in [0, 0.05) is 0 Å². The first-order chi connectivity index (χ1) is 19.1. The Morgan fingerprint density at radius 1 is 0.550 bits per heavy atom. The minimum atomic E-state index is -2.82. The Kier molecular flexibility index (Phi) is 7.16. The molecule has 4 aromatic rings. The van der Waals surface area contributed by atoms with Gasteiger partial charge in [0.25, 0.3) is 0 Å². The molecule has 0 aromatic heterocycles. The molecule has 6 rings (SSSR count). The first-order valence-electron chi connectivity index (χ1n) is 14.6. The van der Waals surface area contributed by atoms with Crippen molar-refractivity contribution in [3.05, 3.63) is 155 Å². The fraction of sp³-hybridized carbons (Fsp3) is 0.256. The zero-order chi connectivity index (χ0) is 28.1. The second-order valence-corrected chi connectivity index (χ2v) is 22.9. The maximum atomic E-state index is 2.52. The van der Waals surface area contributed by atoms with E-state index in [2.05, 4.69) is 163 Å². The van der Waals surface area contributed by atoms with E-state index in [4.69, 9.17) is 0 Å². The SMILES string of the molecule is CC(C)(C)c1ccc2c(c1)-c1cc(C(C)(C)C)ccc1[CH]2[Hf](=[C](c1ccccc1)c1ccccc1)[CH]1C=CC=C1. The van der Waals surface area contributed by atoms with Crippen LogP contribution in [0.3, 0.4) is 0 Å². The number of benzene rings is 4. The second-order valence-electron chi connectivity index (χ2n) is 13.4. The van der Waals surface area contributed by atoms with Crippen molar-refractivity contribution in [3.63, 3.8) is 0 Å². The molecule has 200 valence electrons. The molecule has 0 nitrogen and oxygen atoms in total. The molecule has 2 aliphatic rings. The summed E-state index contributed by atoms with van der Waals surface area (Å²) in [5, 5.41) is 0. The zero-order valence-corrected chi connectivity index (χ0v) is 28.3. The number of hydrogen-bond donors (Lipinski definition) is 0. The Hall–Kier alpha value is -2.90. The van der Waals surface area contributed by atoms with Crippen LogP contribution < -0.4 is 0 Å². The van der Waals surface area contributed by atoms with E-state index in [0.29, 0.717) is 7.35 Å². The molecule has 0 radical (unpaired) electrons. The van der Waals surface area contributed by atoms with E-state index < -0.39 is 21.0 Å². The molecule has 0 spiro atoms. The molecule has 0 atom stereocenters. The third-order valence-electron chi connectivity index (χ3n) is 8.58. The third kappa shape index (κ3) is 5.03. The summed E-state index contributed by atoms with van der Waals surface area (Å²) in [4.78, 5) is 0. The van der Waals surface area contributed by atoms with Crippen LogP contribution in [0.25, 0.3) is 11.1 Å². The van der Waals surface area contributed by atoms with Crippen LogP contribution in [-0.2, 0) is 31.8 Å². The van der Waals surface area contributed by atoms with Crippen LogP contribution in [0.1, 0.15) is 78.6 Å². The molecule has 4 aromatic carbocycles. The molecule has 0 saturated heterocycles. The zero-order valence-electron chi connectivity index (χ0n) is 24.7. The van der Waals surface area contributed by atoms with Crippen LogP contribution in [0.5, 0.6) is 0 Å². The number of hydrogen-bond acceptors (Lipinski definition) is 0. The molecule has 0 aliphatic heterocycles. The van der Waals surface area contributed by atoms with Gasteiger partial charge in [-0.2, -0.15) is 0 Å². The molecule has 0 bridgehead atoms. The van der Waals surface area contributed by atoms with Gasteiger partial charge in [0.15, 0.2) is 0 Å². The minimum absolute atomic E-state index is 0.111.